The molecule has 0 amide bonds. The fourth-order valence-electron chi connectivity index (χ4n) is 1.95. The van der Waals surface area contributed by atoms with Crippen molar-refractivity contribution in [1.29, 1.82) is 0 Å². The van der Waals surface area contributed by atoms with Crippen LogP contribution < -0.4 is 10.1 Å². The summed E-state index contributed by atoms with van der Waals surface area (Å²) in [4.78, 5) is 0. The van der Waals surface area contributed by atoms with Gasteiger partial charge in [-0.25, -0.2) is 0 Å². The molecule has 0 spiro atoms. The zero-order valence-corrected chi connectivity index (χ0v) is 12.4. The monoisotopic (exact) mass is 315 g/mol. The molecule has 0 saturated carbocycles. The smallest absolute Gasteiger partial charge is 0.142 e. The van der Waals surface area contributed by atoms with E-state index in [2.05, 4.69) is 5.32 Å². The number of hydrogen-bond acceptors (Lipinski definition) is 4. The first kappa shape index (κ1) is 15.2. The third-order valence-corrected chi connectivity index (χ3v) is 3.40. The lowest BCUT2D eigenvalue weighted by atomic mass is 10.1. The van der Waals surface area contributed by atoms with Gasteiger partial charge in [-0.3, -0.25) is 0 Å². The Hall–Kier alpha value is -1.20. The minimum Gasteiger partial charge on any atom is -0.495 e. The summed E-state index contributed by atoms with van der Waals surface area (Å²) in [5, 5.41) is 13.6. The second-order valence-electron chi connectivity index (χ2n) is 4.21. The molecule has 1 aromatic carbocycles. The lowest BCUT2D eigenvalue weighted by Gasteiger charge is -2.16. The van der Waals surface area contributed by atoms with Crippen molar-refractivity contribution in [3.8, 4) is 5.75 Å². The van der Waals surface area contributed by atoms with Gasteiger partial charge in [0.15, 0.2) is 0 Å². The van der Waals surface area contributed by atoms with E-state index in [1.807, 2.05) is 0 Å². The summed E-state index contributed by atoms with van der Waals surface area (Å²) in [5.74, 6) is 1.24. The molecule has 0 aliphatic rings. The Labute approximate surface area is 127 Å². The van der Waals surface area contributed by atoms with E-state index in [1.54, 1.807) is 37.6 Å². The molecule has 0 saturated heterocycles. The number of aliphatic hydroxyl groups excluding tert-OH is 1. The fraction of sp³-hybridized carbons (Fsp3) is 0.286. The number of nitrogens with one attached hydrogen (secondary N) is 1. The molecule has 0 bridgehead atoms. The fourth-order valence-corrected chi connectivity index (χ4v) is 2.56. The number of methoxy groups -OCH3 is 1. The highest BCUT2D eigenvalue weighted by Gasteiger charge is 2.15. The zero-order valence-electron chi connectivity index (χ0n) is 10.9. The second kappa shape index (κ2) is 6.99. The number of benzene rings is 1. The maximum absolute atomic E-state index is 9.41. The highest BCUT2D eigenvalue weighted by Crippen LogP contribution is 2.32. The summed E-state index contributed by atoms with van der Waals surface area (Å²) in [5.41, 5.74) is 0.815. The van der Waals surface area contributed by atoms with Gasteiger partial charge >= 0.3 is 0 Å². The van der Waals surface area contributed by atoms with Crippen molar-refractivity contribution in [2.24, 2.45) is 0 Å². The molecule has 2 aromatic rings. The van der Waals surface area contributed by atoms with Gasteiger partial charge < -0.3 is 19.6 Å². The van der Waals surface area contributed by atoms with Gasteiger partial charge in [-0.2, -0.15) is 0 Å². The van der Waals surface area contributed by atoms with Crippen LogP contribution in [-0.2, 0) is 6.54 Å². The van der Waals surface area contributed by atoms with Crippen LogP contribution in [0.2, 0.25) is 10.0 Å². The quantitative estimate of drug-likeness (QED) is 0.857. The number of halogens is 2. The topological polar surface area (TPSA) is 54.6 Å². The van der Waals surface area contributed by atoms with E-state index in [-0.39, 0.29) is 12.6 Å². The number of ether oxygens (including phenoxy) is 1. The molecule has 4 nitrogen and oxygen atoms in total. The lowest BCUT2D eigenvalue weighted by Crippen LogP contribution is -2.23. The molecule has 1 heterocycles. The number of hydrogen-bond donors (Lipinski definition) is 2. The summed E-state index contributed by atoms with van der Waals surface area (Å²) >= 11 is 12.1. The zero-order chi connectivity index (χ0) is 14.5. The van der Waals surface area contributed by atoms with Gasteiger partial charge in [-0.15, -0.1) is 0 Å². The van der Waals surface area contributed by atoms with E-state index in [0.29, 0.717) is 28.1 Å². The third kappa shape index (κ3) is 3.46. The van der Waals surface area contributed by atoms with E-state index in [9.17, 15) is 5.11 Å². The van der Waals surface area contributed by atoms with Gasteiger partial charge in [-0.1, -0.05) is 23.2 Å². The number of rotatable bonds is 6. The Morgan fingerprint density at radius 3 is 2.80 bits per heavy atom. The Morgan fingerprint density at radius 1 is 1.40 bits per heavy atom. The van der Waals surface area contributed by atoms with Crippen LogP contribution in [0.3, 0.4) is 0 Å². The van der Waals surface area contributed by atoms with Crippen molar-refractivity contribution in [1.82, 2.24) is 5.32 Å². The molecule has 2 rings (SSSR count). The van der Waals surface area contributed by atoms with E-state index in [1.165, 1.54) is 0 Å². The van der Waals surface area contributed by atoms with Crippen molar-refractivity contribution < 1.29 is 14.3 Å². The van der Waals surface area contributed by atoms with Gasteiger partial charge in [0, 0.05) is 17.1 Å². The molecule has 1 atom stereocenters. The van der Waals surface area contributed by atoms with Gasteiger partial charge in [0.05, 0.1) is 31.0 Å². The molecule has 0 aliphatic heterocycles. The summed E-state index contributed by atoms with van der Waals surface area (Å²) in [6.45, 7) is 0.361. The van der Waals surface area contributed by atoms with Crippen LogP contribution in [0, 0.1) is 0 Å². The van der Waals surface area contributed by atoms with E-state index >= 15 is 0 Å². The van der Waals surface area contributed by atoms with Crippen LogP contribution in [0.4, 0.5) is 0 Å². The van der Waals surface area contributed by atoms with Crippen LogP contribution in [0.1, 0.15) is 17.4 Å². The molecule has 20 heavy (non-hydrogen) atoms. The molecule has 108 valence electrons. The molecule has 0 radical (unpaired) electrons. The van der Waals surface area contributed by atoms with E-state index in [0.717, 1.165) is 5.56 Å². The largest absolute Gasteiger partial charge is 0.495 e. The SMILES string of the molecule is COc1c(Cl)cc(Cl)cc1CNC(CO)c1ccco1. The standard InChI is InChI=1S/C14H15Cl2NO3/c1-19-14-9(5-10(15)6-11(14)16)7-17-12(8-18)13-3-2-4-20-13/h2-6,12,17-18H,7-8H2,1H3. The Bertz CT molecular complexity index is 558. The van der Waals surface area contributed by atoms with Crippen molar-refractivity contribution in [3.63, 3.8) is 0 Å². The van der Waals surface area contributed by atoms with Gasteiger partial charge in [0.2, 0.25) is 0 Å². The Morgan fingerprint density at radius 2 is 2.20 bits per heavy atom. The van der Waals surface area contributed by atoms with Crippen molar-refractivity contribution in [2.45, 2.75) is 12.6 Å². The molecular formula is C14H15Cl2NO3. The average Bonchev–Trinajstić information content (AvgIpc) is 2.93. The normalized spacial score (nSPS) is 12.4. The Balaban J connectivity index is 2.14. The second-order valence-corrected chi connectivity index (χ2v) is 5.06. The lowest BCUT2D eigenvalue weighted by molar-refractivity contribution is 0.225. The first-order chi connectivity index (χ1) is 9.65. The van der Waals surface area contributed by atoms with Crippen LogP contribution >= 0.6 is 23.2 Å². The van der Waals surface area contributed by atoms with Crippen molar-refractivity contribution >= 4 is 23.2 Å². The highest BCUT2D eigenvalue weighted by molar-refractivity contribution is 6.35. The third-order valence-electron chi connectivity index (χ3n) is 2.90. The summed E-state index contributed by atoms with van der Waals surface area (Å²) in [6.07, 6.45) is 1.57. The van der Waals surface area contributed by atoms with Gasteiger partial charge in [0.1, 0.15) is 11.5 Å². The molecule has 0 aliphatic carbocycles. The maximum atomic E-state index is 9.41. The van der Waals surface area contributed by atoms with Gasteiger partial charge in [-0.05, 0) is 24.3 Å². The minimum atomic E-state index is -0.299. The van der Waals surface area contributed by atoms with Crippen LogP contribution in [0.25, 0.3) is 0 Å². The maximum Gasteiger partial charge on any atom is 0.142 e. The van der Waals surface area contributed by atoms with Crippen molar-refractivity contribution in [2.75, 3.05) is 13.7 Å². The van der Waals surface area contributed by atoms with Crippen molar-refractivity contribution in [3.05, 3.63) is 51.9 Å². The number of aliphatic hydroxyl groups is 1. The first-order valence-corrected chi connectivity index (χ1v) is 6.81. The van der Waals surface area contributed by atoms with Gasteiger partial charge in [0.25, 0.3) is 0 Å². The minimum absolute atomic E-state index is 0.0792. The molecule has 0 fully saturated rings. The predicted molar refractivity (Wildman–Crippen MR) is 78.4 cm³/mol. The molecule has 1 aromatic heterocycles. The highest BCUT2D eigenvalue weighted by atomic mass is 35.5. The summed E-state index contributed by atoms with van der Waals surface area (Å²) in [7, 11) is 1.55. The Kier molecular flexibility index (Phi) is 5.31. The van der Waals surface area contributed by atoms with E-state index in [4.69, 9.17) is 32.4 Å². The summed E-state index contributed by atoms with van der Waals surface area (Å²) in [6, 6.07) is 6.68. The van der Waals surface area contributed by atoms with Crippen LogP contribution in [-0.4, -0.2) is 18.8 Å². The number of furan rings is 1. The van der Waals surface area contributed by atoms with Crippen LogP contribution in [0.5, 0.6) is 5.75 Å². The molecule has 6 heteroatoms. The van der Waals surface area contributed by atoms with E-state index < -0.39 is 0 Å². The molecular weight excluding hydrogens is 301 g/mol. The average molecular weight is 316 g/mol. The van der Waals surface area contributed by atoms with Crippen LogP contribution in [0.15, 0.2) is 34.9 Å². The predicted octanol–water partition coefficient (Wildman–Crippen LogP) is 3.42. The molecule has 2 N–H and O–H groups in total. The summed E-state index contributed by atoms with van der Waals surface area (Å²) < 4.78 is 10.5. The first-order valence-electron chi connectivity index (χ1n) is 6.05. The molecule has 1 unspecified atom stereocenters.